The van der Waals surface area contributed by atoms with Gasteiger partial charge in [-0.1, -0.05) is 24.3 Å². The SMILES string of the molecule is Cc1cc(C)c(CNC(=O)N2CCN([C@@H]3CCc4ccccc4C3)CC2)cn1. The van der Waals surface area contributed by atoms with E-state index in [1.54, 1.807) is 0 Å². The summed E-state index contributed by atoms with van der Waals surface area (Å²) in [6.07, 6.45) is 5.40. The monoisotopic (exact) mass is 378 g/mol. The van der Waals surface area contributed by atoms with Gasteiger partial charge in [-0.2, -0.15) is 0 Å². The Kier molecular flexibility index (Phi) is 5.62. The quantitative estimate of drug-likeness (QED) is 0.893. The third-order valence-corrected chi connectivity index (χ3v) is 6.22. The van der Waals surface area contributed by atoms with Crippen molar-refractivity contribution >= 4 is 6.03 Å². The number of benzene rings is 1. The van der Waals surface area contributed by atoms with E-state index in [4.69, 9.17) is 0 Å². The van der Waals surface area contributed by atoms with Crippen molar-refractivity contribution in [2.75, 3.05) is 26.2 Å². The van der Waals surface area contributed by atoms with Crippen LogP contribution in [-0.4, -0.2) is 53.0 Å². The topological polar surface area (TPSA) is 48.5 Å². The highest BCUT2D eigenvalue weighted by Crippen LogP contribution is 2.25. The molecule has 1 atom stereocenters. The Morgan fingerprint density at radius 3 is 2.64 bits per heavy atom. The van der Waals surface area contributed by atoms with Gasteiger partial charge in [0.25, 0.3) is 0 Å². The lowest BCUT2D eigenvalue weighted by atomic mass is 9.87. The number of aryl methyl sites for hydroxylation is 3. The minimum Gasteiger partial charge on any atom is -0.334 e. The molecule has 148 valence electrons. The second-order valence-electron chi connectivity index (χ2n) is 8.10. The highest BCUT2D eigenvalue weighted by atomic mass is 16.2. The van der Waals surface area contributed by atoms with Gasteiger partial charge >= 0.3 is 6.03 Å². The molecule has 5 heteroatoms. The Hall–Kier alpha value is -2.40. The molecule has 1 N–H and O–H groups in total. The van der Waals surface area contributed by atoms with E-state index in [0.717, 1.165) is 43.9 Å². The second kappa shape index (κ2) is 8.31. The lowest BCUT2D eigenvalue weighted by molar-refractivity contribution is 0.101. The molecule has 1 aromatic heterocycles. The van der Waals surface area contributed by atoms with Gasteiger partial charge in [0.1, 0.15) is 0 Å². The van der Waals surface area contributed by atoms with Crippen LogP contribution in [0, 0.1) is 13.8 Å². The van der Waals surface area contributed by atoms with Crippen molar-refractivity contribution in [3.05, 3.63) is 64.5 Å². The summed E-state index contributed by atoms with van der Waals surface area (Å²) in [6, 6.07) is 11.5. The molecule has 2 aromatic rings. The van der Waals surface area contributed by atoms with E-state index in [0.29, 0.717) is 12.6 Å². The second-order valence-corrected chi connectivity index (χ2v) is 8.10. The fraction of sp³-hybridized carbons (Fsp3) is 0.478. The summed E-state index contributed by atoms with van der Waals surface area (Å²) in [5.41, 5.74) is 6.28. The molecule has 4 rings (SSSR count). The Bertz CT molecular complexity index is 842. The van der Waals surface area contributed by atoms with E-state index in [2.05, 4.69) is 52.5 Å². The number of hydrogen-bond donors (Lipinski definition) is 1. The van der Waals surface area contributed by atoms with Crippen LogP contribution in [0.5, 0.6) is 0 Å². The molecule has 1 saturated heterocycles. The standard InChI is InChI=1S/C23H30N4O/c1-17-13-18(2)24-15-21(17)16-25-23(28)27-11-9-26(10-12-27)22-8-7-19-5-3-4-6-20(19)14-22/h3-6,13,15,22H,7-12,14,16H2,1-2H3,(H,25,28)/t22-/m1/s1. The summed E-state index contributed by atoms with van der Waals surface area (Å²) in [4.78, 5) is 21.4. The molecule has 2 aliphatic rings. The molecule has 1 aliphatic heterocycles. The van der Waals surface area contributed by atoms with Crippen LogP contribution in [0.25, 0.3) is 0 Å². The largest absolute Gasteiger partial charge is 0.334 e. The molecule has 0 bridgehead atoms. The number of aromatic nitrogens is 1. The molecule has 0 saturated carbocycles. The van der Waals surface area contributed by atoms with Gasteiger partial charge in [-0.05, 0) is 61.4 Å². The van der Waals surface area contributed by atoms with Crippen molar-refractivity contribution in [2.45, 2.75) is 45.7 Å². The van der Waals surface area contributed by atoms with Crippen molar-refractivity contribution in [3.8, 4) is 0 Å². The molecular weight excluding hydrogens is 348 g/mol. The van der Waals surface area contributed by atoms with E-state index in [-0.39, 0.29) is 6.03 Å². The normalized spacial score (nSPS) is 19.9. The molecule has 5 nitrogen and oxygen atoms in total. The lowest BCUT2D eigenvalue weighted by Gasteiger charge is -2.41. The van der Waals surface area contributed by atoms with Gasteiger partial charge < -0.3 is 10.2 Å². The fourth-order valence-electron chi connectivity index (χ4n) is 4.47. The zero-order chi connectivity index (χ0) is 19.5. The minimum atomic E-state index is 0.0358. The summed E-state index contributed by atoms with van der Waals surface area (Å²) in [5, 5.41) is 3.06. The van der Waals surface area contributed by atoms with Crippen LogP contribution in [0.2, 0.25) is 0 Å². The number of carbonyl (C=O) groups is 1. The van der Waals surface area contributed by atoms with E-state index in [1.165, 1.54) is 29.5 Å². The highest BCUT2D eigenvalue weighted by Gasteiger charge is 2.28. The van der Waals surface area contributed by atoms with Gasteiger partial charge in [-0.3, -0.25) is 9.88 Å². The summed E-state index contributed by atoms with van der Waals surface area (Å²) in [7, 11) is 0. The minimum absolute atomic E-state index is 0.0358. The number of hydrogen-bond acceptors (Lipinski definition) is 3. The van der Waals surface area contributed by atoms with Gasteiger partial charge in [0.15, 0.2) is 0 Å². The number of amides is 2. The average Bonchev–Trinajstić information content (AvgIpc) is 2.72. The molecule has 0 radical (unpaired) electrons. The fourth-order valence-corrected chi connectivity index (χ4v) is 4.47. The molecule has 1 aromatic carbocycles. The van der Waals surface area contributed by atoms with E-state index >= 15 is 0 Å². The molecule has 0 unspecified atom stereocenters. The van der Waals surface area contributed by atoms with Gasteiger partial charge in [0.2, 0.25) is 0 Å². The first-order chi connectivity index (χ1) is 13.6. The number of carbonyl (C=O) groups excluding carboxylic acids is 1. The zero-order valence-electron chi connectivity index (χ0n) is 16.9. The van der Waals surface area contributed by atoms with E-state index in [1.807, 2.05) is 18.0 Å². The number of piperazine rings is 1. The maximum Gasteiger partial charge on any atom is 0.317 e. The van der Waals surface area contributed by atoms with Crippen molar-refractivity contribution in [1.29, 1.82) is 0 Å². The number of nitrogens with zero attached hydrogens (tertiary/aromatic N) is 3. The van der Waals surface area contributed by atoms with Crippen molar-refractivity contribution in [3.63, 3.8) is 0 Å². The van der Waals surface area contributed by atoms with Crippen LogP contribution in [0.1, 0.15) is 34.4 Å². The molecule has 0 spiro atoms. The summed E-state index contributed by atoms with van der Waals surface area (Å²) >= 11 is 0. The van der Waals surface area contributed by atoms with Crippen molar-refractivity contribution in [1.82, 2.24) is 20.1 Å². The Labute approximate surface area is 167 Å². The summed E-state index contributed by atoms with van der Waals surface area (Å²) in [5.74, 6) is 0. The van der Waals surface area contributed by atoms with Crippen LogP contribution in [0.15, 0.2) is 36.5 Å². The number of rotatable bonds is 3. The highest BCUT2D eigenvalue weighted by molar-refractivity contribution is 5.74. The maximum absolute atomic E-state index is 12.6. The van der Waals surface area contributed by atoms with Crippen molar-refractivity contribution < 1.29 is 4.79 Å². The summed E-state index contributed by atoms with van der Waals surface area (Å²) in [6.45, 7) is 8.12. The third kappa shape index (κ3) is 4.20. The first kappa shape index (κ1) is 18.9. The number of urea groups is 1. The molecular formula is C23H30N4O. The predicted octanol–water partition coefficient (Wildman–Crippen LogP) is 3.08. The molecule has 2 amide bonds. The van der Waals surface area contributed by atoms with Gasteiger partial charge in [0.05, 0.1) is 0 Å². The van der Waals surface area contributed by atoms with Gasteiger partial charge in [0, 0.05) is 50.7 Å². The van der Waals surface area contributed by atoms with Crippen LogP contribution in [-0.2, 0) is 19.4 Å². The first-order valence-electron chi connectivity index (χ1n) is 10.4. The van der Waals surface area contributed by atoms with E-state index in [9.17, 15) is 4.79 Å². The van der Waals surface area contributed by atoms with Crippen LogP contribution in [0.4, 0.5) is 4.79 Å². The molecule has 28 heavy (non-hydrogen) atoms. The maximum atomic E-state index is 12.6. The first-order valence-corrected chi connectivity index (χ1v) is 10.4. The van der Waals surface area contributed by atoms with Gasteiger partial charge in [-0.15, -0.1) is 0 Å². The smallest absolute Gasteiger partial charge is 0.317 e. The Morgan fingerprint density at radius 2 is 1.89 bits per heavy atom. The lowest BCUT2D eigenvalue weighted by Crippen LogP contribution is -2.55. The van der Waals surface area contributed by atoms with Gasteiger partial charge in [-0.25, -0.2) is 4.79 Å². The van der Waals surface area contributed by atoms with Crippen LogP contribution < -0.4 is 5.32 Å². The Balaban J connectivity index is 1.26. The van der Waals surface area contributed by atoms with E-state index < -0.39 is 0 Å². The zero-order valence-corrected chi connectivity index (χ0v) is 16.9. The van der Waals surface area contributed by atoms with Crippen LogP contribution in [0.3, 0.4) is 0 Å². The number of pyridine rings is 1. The number of nitrogens with one attached hydrogen (secondary N) is 1. The van der Waals surface area contributed by atoms with Crippen molar-refractivity contribution in [2.24, 2.45) is 0 Å². The Morgan fingerprint density at radius 1 is 1.14 bits per heavy atom. The number of fused-ring (bicyclic) bond motifs is 1. The third-order valence-electron chi connectivity index (χ3n) is 6.22. The van der Waals surface area contributed by atoms with Crippen LogP contribution >= 0.6 is 0 Å². The molecule has 2 heterocycles. The molecule has 1 fully saturated rings. The predicted molar refractivity (Wildman–Crippen MR) is 111 cm³/mol. The summed E-state index contributed by atoms with van der Waals surface area (Å²) < 4.78 is 0. The average molecular weight is 379 g/mol. The molecule has 1 aliphatic carbocycles.